The molecule has 2 aliphatic rings. The van der Waals surface area contributed by atoms with Crippen LogP contribution in [0.15, 0.2) is 11.6 Å². The van der Waals surface area contributed by atoms with Gasteiger partial charge >= 0.3 is 0 Å². The molecular weight excluding hydrogens is 236 g/mol. The Labute approximate surface area is 106 Å². The highest BCUT2D eigenvalue weighted by Gasteiger charge is 2.54. The summed E-state index contributed by atoms with van der Waals surface area (Å²) >= 11 is 0. The van der Waals surface area contributed by atoms with Crippen molar-refractivity contribution in [2.24, 2.45) is 11.8 Å². The normalized spacial score (nSPS) is 35.6. The van der Waals surface area contributed by atoms with Crippen LogP contribution < -0.4 is 0 Å². The molecule has 1 fully saturated rings. The molecule has 1 aliphatic carbocycles. The third kappa shape index (κ3) is 2.02. The Bertz CT molecular complexity index is 400. The van der Waals surface area contributed by atoms with E-state index in [1.165, 1.54) is 14.2 Å². The molecule has 5 nitrogen and oxygen atoms in total. The summed E-state index contributed by atoms with van der Waals surface area (Å²) in [7, 11) is 3.06. The second-order valence-electron chi connectivity index (χ2n) is 4.95. The molecule has 0 aromatic rings. The summed E-state index contributed by atoms with van der Waals surface area (Å²) in [6.45, 7) is 2.37. The van der Waals surface area contributed by atoms with E-state index in [1.807, 2.05) is 6.92 Å². The predicted octanol–water partition coefficient (Wildman–Crippen LogP) is 0.379. The van der Waals surface area contributed by atoms with Gasteiger partial charge in [0, 0.05) is 19.8 Å². The summed E-state index contributed by atoms with van der Waals surface area (Å²) in [5.41, 5.74) is -0.143. The smallest absolute Gasteiger partial charge is 0.167 e. The van der Waals surface area contributed by atoms with Gasteiger partial charge in [0.05, 0.1) is 30.7 Å². The molecule has 5 heteroatoms. The van der Waals surface area contributed by atoms with Gasteiger partial charge in [-0.25, -0.2) is 0 Å². The first-order valence-electron chi connectivity index (χ1n) is 5.94. The Kier molecular flexibility index (Phi) is 3.66. The second kappa shape index (κ2) is 4.91. The van der Waals surface area contributed by atoms with Crippen LogP contribution >= 0.6 is 0 Å². The Morgan fingerprint density at radius 1 is 1.39 bits per heavy atom. The minimum absolute atomic E-state index is 0.0272. The Morgan fingerprint density at radius 3 is 2.72 bits per heavy atom. The van der Waals surface area contributed by atoms with E-state index in [0.717, 1.165) is 0 Å². The van der Waals surface area contributed by atoms with Crippen molar-refractivity contribution >= 4 is 11.6 Å². The van der Waals surface area contributed by atoms with Crippen molar-refractivity contribution in [2.45, 2.75) is 12.5 Å². The van der Waals surface area contributed by atoms with Crippen LogP contribution in [0.3, 0.4) is 0 Å². The third-order valence-electron chi connectivity index (χ3n) is 3.65. The first kappa shape index (κ1) is 13.4. The predicted molar refractivity (Wildman–Crippen MR) is 63.2 cm³/mol. The lowest BCUT2D eigenvalue weighted by molar-refractivity contribution is -0.133. The lowest BCUT2D eigenvalue weighted by atomic mass is 9.70. The maximum absolute atomic E-state index is 12.3. The van der Waals surface area contributed by atoms with Crippen molar-refractivity contribution in [2.75, 3.05) is 34.0 Å². The minimum atomic E-state index is -0.706. The molecule has 1 heterocycles. The second-order valence-corrected chi connectivity index (χ2v) is 4.95. The van der Waals surface area contributed by atoms with E-state index >= 15 is 0 Å². The van der Waals surface area contributed by atoms with Gasteiger partial charge in [0.2, 0.25) is 0 Å². The van der Waals surface area contributed by atoms with E-state index in [9.17, 15) is 9.59 Å². The number of hydrogen-bond acceptors (Lipinski definition) is 5. The van der Waals surface area contributed by atoms with Gasteiger partial charge in [-0.15, -0.1) is 0 Å². The van der Waals surface area contributed by atoms with Crippen LogP contribution in [0, 0.1) is 11.8 Å². The summed E-state index contributed by atoms with van der Waals surface area (Å²) in [5, 5.41) is 0. The van der Waals surface area contributed by atoms with Gasteiger partial charge in [-0.05, 0) is 13.0 Å². The van der Waals surface area contributed by atoms with Crippen LogP contribution in [0.2, 0.25) is 0 Å². The van der Waals surface area contributed by atoms with Gasteiger partial charge in [0.15, 0.2) is 11.6 Å². The third-order valence-corrected chi connectivity index (χ3v) is 3.65. The van der Waals surface area contributed by atoms with E-state index in [4.69, 9.17) is 14.2 Å². The van der Waals surface area contributed by atoms with Crippen molar-refractivity contribution in [3.8, 4) is 0 Å². The number of rotatable bonds is 4. The summed E-state index contributed by atoms with van der Waals surface area (Å²) in [6, 6.07) is 0. The van der Waals surface area contributed by atoms with Crippen LogP contribution in [-0.2, 0) is 23.8 Å². The molecule has 0 radical (unpaired) electrons. The summed E-state index contributed by atoms with van der Waals surface area (Å²) in [4.78, 5) is 24.2. The highest BCUT2D eigenvalue weighted by molar-refractivity contribution is 6.03. The number of ketones is 2. The highest BCUT2D eigenvalue weighted by atomic mass is 16.5. The summed E-state index contributed by atoms with van der Waals surface area (Å²) in [6.07, 6.45) is 1.74. The van der Waals surface area contributed by atoms with Gasteiger partial charge in [-0.1, -0.05) is 0 Å². The van der Waals surface area contributed by atoms with E-state index in [-0.39, 0.29) is 31.4 Å². The first-order chi connectivity index (χ1) is 8.53. The molecule has 0 amide bonds. The monoisotopic (exact) mass is 254 g/mol. The Balaban J connectivity index is 2.39. The van der Waals surface area contributed by atoms with E-state index in [0.29, 0.717) is 5.57 Å². The molecule has 0 aromatic heterocycles. The molecule has 18 heavy (non-hydrogen) atoms. The number of methoxy groups -OCH3 is 2. The van der Waals surface area contributed by atoms with Crippen molar-refractivity contribution in [1.82, 2.24) is 0 Å². The van der Waals surface area contributed by atoms with Crippen LogP contribution in [0.5, 0.6) is 0 Å². The largest absolute Gasteiger partial charge is 0.384 e. The van der Waals surface area contributed by atoms with Gasteiger partial charge in [-0.2, -0.15) is 0 Å². The standard InChI is InChI=1S/C13H18O5/c1-13-4-8(5-16-2)12(15)9(6-17-3)11(13)10(14)7-18-13/h4,9,11H,5-7H2,1-3H3/t9?,11-,13-/m1/s1. The fourth-order valence-electron chi connectivity index (χ4n) is 2.91. The van der Waals surface area contributed by atoms with Crippen molar-refractivity contribution in [3.05, 3.63) is 11.6 Å². The molecule has 1 unspecified atom stereocenters. The molecule has 1 aliphatic heterocycles. The lowest BCUT2D eigenvalue weighted by Crippen LogP contribution is -2.47. The van der Waals surface area contributed by atoms with Crippen molar-refractivity contribution in [3.63, 3.8) is 0 Å². The number of ether oxygens (including phenoxy) is 3. The zero-order chi connectivity index (χ0) is 13.3. The fourth-order valence-corrected chi connectivity index (χ4v) is 2.91. The fraction of sp³-hybridized carbons (Fsp3) is 0.692. The van der Waals surface area contributed by atoms with E-state index in [1.54, 1.807) is 6.08 Å². The van der Waals surface area contributed by atoms with Crippen LogP contribution in [0.25, 0.3) is 0 Å². The van der Waals surface area contributed by atoms with Gasteiger partial charge in [0.25, 0.3) is 0 Å². The Morgan fingerprint density at radius 2 is 2.11 bits per heavy atom. The number of hydrogen-bond donors (Lipinski definition) is 0. The molecule has 0 aromatic carbocycles. The quantitative estimate of drug-likeness (QED) is 0.725. The number of fused-ring (bicyclic) bond motifs is 1. The zero-order valence-electron chi connectivity index (χ0n) is 10.9. The van der Waals surface area contributed by atoms with Crippen LogP contribution in [0.1, 0.15) is 6.92 Å². The topological polar surface area (TPSA) is 61.8 Å². The Hall–Kier alpha value is -1.04. The van der Waals surface area contributed by atoms with Gasteiger partial charge < -0.3 is 14.2 Å². The van der Waals surface area contributed by atoms with Crippen molar-refractivity contribution < 1.29 is 23.8 Å². The number of carbonyl (C=O) groups excluding carboxylic acids is 2. The summed E-state index contributed by atoms with van der Waals surface area (Å²) in [5.74, 6) is -1.00. The van der Waals surface area contributed by atoms with Crippen LogP contribution in [0.4, 0.5) is 0 Å². The number of Topliss-reactive ketones (excluding diaryl/α,β-unsaturated/α-hetero) is 2. The maximum Gasteiger partial charge on any atom is 0.167 e. The van der Waals surface area contributed by atoms with Gasteiger partial charge in [-0.3, -0.25) is 9.59 Å². The van der Waals surface area contributed by atoms with E-state index in [2.05, 4.69) is 0 Å². The number of carbonyl (C=O) groups is 2. The molecule has 0 saturated carbocycles. The van der Waals surface area contributed by atoms with Gasteiger partial charge in [0.1, 0.15) is 6.61 Å². The zero-order valence-corrected chi connectivity index (χ0v) is 10.9. The van der Waals surface area contributed by atoms with E-state index < -0.39 is 17.4 Å². The first-order valence-corrected chi connectivity index (χ1v) is 5.94. The molecule has 1 saturated heterocycles. The molecule has 100 valence electrons. The molecule has 0 spiro atoms. The lowest BCUT2D eigenvalue weighted by Gasteiger charge is -2.36. The average Bonchev–Trinajstić information content (AvgIpc) is 2.62. The molecule has 0 bridgehead atoms. The minimum Gasteiger partial charge on any atom is -0.384 e. The maximum atomic E-state index is 12.3. The molecule has 3 atom stereocenters. The van der Waals surface area contributed by atoms with Crippen LogP contribution in [-0.4, -0.2) is 51.2 Å². The average molecular weight is 254 g/mol. The highest BCUT2D eigenvalue weighted by Crippen LogP contribution is 2.42. The molecular formula is C13H18O5. The molecule has 2 rings (SSSR count). The molecule has 0 N–H and O–H groups in total. The summed E-state index contributed by atoms with van der Waals surface area (Å²) < 4.78 is 15.7. The van der Waals surface area contributed by atoms with Crippen molar-refractivity contribution in [1.29, 1.82) is 0 Å². The SMILES string of the molecule is COCC1=C[C@@]2(C)OCC(=O)[C@H]2C(COC)C1=O.